The van der Waals surface area contributed by atoms with E-state index in [4.69, 9.17) is 4.74 Å². The van der Waals surface area contributed by atoms with Crippen LogP contribution in [0.3, 0.4) is 0 Å². The molecule has 4 nitrogen and oxygen atoms in total. The summed E-state index contributed by atoms with van der Waals surface area (Å²) in [5.41, 5.74) is 3.32. The van der Waals surface area contributed by atoms with Gasteiger partial charge in [0.2, 0.25) is 0 Å². The lowest BCUT2D eigenvalue weighted by molar-refractivity contribution is 0.111. The highest BCUT2D eigenvalue weighted by Gasteiger charge is 2.15. The second-order valence-electron chi connectivity index (χ2n) is 5.71. The number of hydrogen-bond acceptors (Lipinski definition) is 4. The van der Waals surface area contributed by atoms with E-state index in [0.717, 1.165) is 23.8 Å². The lowest BCUT2D eigenvalue weighted by atomic mass is 10.1. The predicted octanol–water partition coefficient (Wildman–Crippen LogP) is 2.69. The van der Waals surface area contributed by atoms with Crippen molar-refractivity contribution in [3.8, 4) is 0 Å². The highest BCUT2D eigenvalue weighted by Crippen LogP contribution is 2.17. The van der Waals surface area contributed by atoms with E-state index in [9.17, 15) is 0 Å². The maximum absolute atomic E-state index is 5.26. The van der Waals surface area contributed by atoms with Crippen LogP contribution in [0, 0.1) is 13.8 Å². The summed E-state index contributed by atoms with van der Waals surface area (Å²) in [5.74, 6) is 0.756. The van der Waals surface area contributed by atoms with Gasteiger partial charge in [0.25, 0.3) is 0 Å². The van der Waals surface area contributed by atoms with Crippen molar-refractivity contribution in [2.24, 2.45) is 0 Å². The number of aryl methyl sites for hydroxylation is 2. The molecule has 4 heteroatoms. The first kappa shape index (κ1) is 15.1. The van der Waals surface area contributed by atoms with Crippen LogP contribution in [-0.2, 0) is 11.3 Å². The van der Waals surface area contributed by atoms with Crippen LogP contribution in [0.5, 0.6) is 0 Å². The van der Waals surface area contributed by atoms with Crippen molar-refractivity contribution in [3.63, 3.8) is 0 Å². The molecule has 1 aromatic heterocycles. The third kappa shape index (κ3) is 4.03. The number of ether oxygens (including phenoxy) is 1. The Balaban J connectivity index is 2.94. The molecule has 0 fully saturated rings. The van der Waals surface area contributed by atoms with Crippen molar-refractivity contribution in [1.82, 2.24) is 15.3 Å². The first-order valence-electron chi connectivity index (χ1n) is 6.36. The molecular formula is C14H25N3O. The van der Waals surface area contributed by atoms with E-state index in [1.165, 1.54) is 5.56 Å². The number of nitrogens with zero attached hydrogens (tertiary/aromatic N) is 2. The van der Waals surface area contributed by atoms with Gasteiger partial charge in [0.1, 0.15) is 6.10 Å². The van der Waals surface area contributed by atoms with Gasteiger partial charge in [-0.2, -0.15) is 0 Å². The second-order valence-corrected chi connectivity index (χ2v) is 5.71. The van der Waals surface area contributed by atoms with E-state index in [1.807, 2.05) is 20.8 Å². The van der Waals surface area contributed by atoms with Crippen molar-refractivity contribution in [2.45, 2.75) is 59.7 Å². The number of rotatable bonds is 4. The largest absolute Gasteiger partial charge is 0.374 e. The van der Waals surface area contributed by atoms with Gasteiger partial charge in [0, 0.05) is 36.1 Å². The highest BCUT2D eigenvalue weighted by atomic mass is 16.5. The van der Waals surface area contributed by atoms with Gasteiger partial charge in [-0.15, -0.1) is 0 Å². The van der Waals surface area contributed by atoms with E-state index < -0.39 is 0 Å². The molecular weight excluding hydrogens is 226 g/mol. The summed E-state index contributed by atoms with van der Waals surface area (Å²) in [7, 11) is 1.67. The Kier molecular flexibility index (Phi) is 4.82. The van der Waals surface area contributed by atoms with Gasteiger partial charge < -0.3 is 10.1 Å². The molecule has 1 unspecified atom stereocenters. The fraction of sp³-hybridized carbons (Fsp3) is 0.714. The number of hydrogen-bond donors (Lipinski definition) is 1. The normalized spacial score (nSPS) is 13.7. The highest BCUT2D eigenvalue weighted by molar-refractivity contribution is 5.24. The molecule has 0 aromatic carbocycles. The molecule has 0 amide bonds. The van der Waals surface area contributed by atoms with Crippen molar-refractivity contribution in [3.05, 3.63) is 22.8 Å². The van der Waals surface area contributed by atoms with E-state index >= 15 is 0 Å². The van der Waals surface area contributed by atoms with Crippen molar-refractivity contribution >= 4 is 0 Å². The third-order valence-electron chi connectivity index (χ3n) is 2.95. The van der Waals surface area contributed by atoms with E-state index in [0.29, 0.717) is 0 Å². The van der Waals surface area contributed by atoms with Gasteiger partial charge in [0.15, 0.2) is 5.82 Å². The van der Waals surface area contributed by atoms with Crippen LogP contribution >= 0.6 is 0 Å². The lowest BCUT2D eigenvalue weighted by Gasteiger charge is -2.22. The molecule has 0 saturated carbocycles. The minimum absolute atomic E-state index is 0.0629. The quantitative estimate of drug-likeness (QED) is 0.893. The van der Waals surface area contributed by atoms with Crippen molar-refractivity contribution < 1.29 is 4.74 Å². The summed E-state index contributed by atoms with van der Waals surface area (Å²) in [6.07, 6.45) is -0.0629. The second kappa shape index (κ2) is 5.76. The minimum atomic E-state index is -0.0629. The molecule has 0 spiro atoms. The fourth-order valence-corrected chi connectivity index (χ4v) is 1.66. The van der Waals surface area contributed by atoms with Gasteiger partial charge in [-0.3, -0.25) is 0 Å². The van der Waals surface area contributed by atoms with Crippen LogP contribution in [0.2, 0.25) is 0 Å². The van der Waals surface area contributed by atoms with Crippen LogP contribution < -0.4 is 5.32 Å². The van der Waals surface area contributed by atoms with E-state index in [2.05, 4.69) is 36.1 Å². The van der Waals surface area contributed by atoms with Crippen LogP contribution in [0.15, 0.2) is 0 Å². The van der Waals surface area contributed by atoms with Gasteiger partial charge >= 0.3 is 0 Å². The minimum Gasteiger partial charge on any atom is -0.374 e. The maximum atomic E-state index is 5.26. The van der Waals surface area contributed by atoms with Gasteiger partial charge in [0.05, 0.1) is 0 Å². The maximum Gasteiger partial charge on any atom is 0.157 e. The van der Waals surface area contributed by atoms with Gasteiger partial charge in [-0.25, -0.2) is 9.97 Å². The monoisotopic (exact) mass is 251 g/mol. The molecule has 0 radical (unpaired) electrons. The molecule has 18 heavy (non-hydrogen) atoms. The van der Waals surface area contributed by atoms with Crippen LogP contribution in [0.4, 0.5) is 0 Å². The van der Waals surface area contributed by atoms with Crippen molar-refractivity contribution in [2.75, 3.05) is 7.11 Å². The Labute approximate surface area is 110 Å². The van der Waals surface area contributed by atoms with Crippen LogP contribution in [0.1, 0.15) is 56.6 Å². The van der Waals surface area contributed by atoms with Gasteiger partial charge in [-0.1, -0.05) is 0 Å². The molecule has 102 valence electrons. The Morgan fingerprint density at radius 3 is 2.06 bits per heavy atom. The number of aromatic nitrogens is 2. The van der Waals surface area contributed by atoms with E-state index in [-0.39, 0.29) is 11.6 Å². The van der Waals surface area contributed by atoms with Crippen LogP contribution in [-0.4, -0.2) is 22.6 Å². The molecule has 0 bridgehead atoms. The Bertz CT molecular complexity index is 387. The lowest BCUT2D eigenvalue weighted by Crippen LogP contribution is -2.35. The van der Waals surface area contributed by atoms with E-state index in [1.54, 1.807) is 7.11 Å². The average Bonchev–Trinajstić information content (AvgIpc) is 2.25. The fourth-order valence-electron chi connectivity index (χ4n) is 1.66. The summed E-state index contributed by atoms with van der Waals surface area (Å²) in [5, 5.41) is 3.47. The summed E-state index contributed by atoms with van der Waals surface area (Å²) >= 11 is 0. The zero-order chi connectivity index (χ0) is 13.9. The molecule has 0 aliphatic rings. The molecule has 1 rings (SSSR count). The SMILES string of the molecule is COC(C)c1nc(C)c(CNC(C)(C)C)c(C)n1. The predicted molar refractivity (Wildman–Crippen MR) is 73.5 cm³/mol. The summed E-state index contributed by atoms with van der Waals surface area (Å²) < 4.78 is 5.26. The average molecular weight is 251 g/mol. The summed E-state index contributed by atoms with van der Waals surface area (Å²) in [6.45, 7) is 13.3. The van der Waals surface area contributed by atoms with Crippen molar-refractivity contribution in [1.29, 1.82) is 0 Å². The molecule has 1 N–H and O–H groups in total. The summed E-state index contributed by atoms with van der Waals surface area (Å²) in [6, 6.07) is 0. The number of methoxy groups -OCH3 is 1. The number of nitrogens with one attached hydrogen (secondary N) is 1. The molecule has 0 saturated heterocycles. The molecule has 1 atom stereocenters. The molecule has 0 aliphatic carbocycles. The first-order valence-corrected chi connectivity index (χ1v) is 6.36. The standard InChI is InChI=1S/C14H25N3O/c1-9-12(8-15-14(4,5)6)10(2)17-13(16-9)11(3)18-7/h11,15H,8H2,1-7H3. The third-order valence-corrected chi connectivity index (χ3v) is 2.95. The zero-order valence-corrected chi connectivity index (χ0v) is 12.6. The Morgan fingerprint density at radius 1 is 1.17 bits per heavy atom. The van der Waals surface area contributed by atoms with Gasteiger partial charge in [-0.05, 0) is 41.5 Å². The molecule has 0 aliphatic heterocycles. The topological polar surface area (TPSA) is 47.0 Å². The summed E-state index contributed by atoms with van der Waals surface area (Å²) in [4.78, 5) is 9.06. The molecule has 1 heterocycles. The Hall–Kier alpha value is -1.00. The Morgan fingerprint density at radius 2 is 1.67 bits per heavy atom. The smallest absolute Gasteiger partial charge is 0.157 e. The van der Waals surface area contributed by atoms with Crippen LogP contribution in [0.25, 0.3) is 0 Å². The zero-order valence-electron chi connectivity index (χ0n) is 12.6. The first-order chi connectivity index (χ1) is 8.24. The molecule has 1 aromatic rings.